The Morgan fingerprint density at radius 2 is 1.57 bits per heavy atom. The maximum Gasteiger partial charge on any atom is 0.534 e. The van der Waals surface area contributed by atoms with Crippen molar-refractivity contribution < 1.29 is 34.6 Å². The van der Waals surface area contributed by atoms with E-state index in [1.165, 1.54) is 30.3 Å². The third-order valence-corrected chi connectivity index (χ3v) is 4.61. The molecule has 4 nitrogen and oxygen atoms in total. The van der Waals surface area contributed by atoms with Crippen LogP contribution in [0.5, 0.6) is 5.75 Å². The molecule has 0 N–H and O–H groups in total. The Bertz CT molecular complexity index is 934. The average Bonchev–Trinajstić information content (AvgIpc) is 3.10. The molecule has 0 saturated carbocycles. The summed E-state index contributed by atoms with van der Waals surface area (Å²) >= 11 is 0. The molecule has 2 aromatic carbocycles. The van der Waals surface area contributed by atoms with E-state index in [4.69, 9.17) is 0 Å². The van der Waals surface area contributed by atoms with Crippen LogP contribution in [0.2, 0.25) is 0 Å². The standard InChI is InChI=1S/C10H9F2N.C8H7F3O3S/c11-7-3-1-4-8(12)10(7)9-5-2-6-13-9;1-6-2-4-7(5-3-6)14-15(12,13)8(9,10)11/h1,3-4H,2,5-6H2;2-5H,1H3. The van der Waals surface area contributed by atoms with E-state index in [2.05, 4.69) is 9.18 Å². The van der Waals surface area contributed by atoms with Gasteiger partial charge in [-0.05, 0) is 44.0 Å². The zero-order valence-corrected chi connectivity index (χ0v) is 15.4. The Labute approximate surface area is 158 Å². The highest BCUT2D eigenvalue weighted by Crippen LogP contribution is 2.26. The second kappa shape index (κ2) is 8.68. The molecule has 0 aliphatic carbocycles. The van der Waals surface area contributed by atoms with Gasteiger partial charge in [-0.15, -0.1) is 0 Å². The first-order chi connectivity index (χ1) is 13.0. The van der Waals surface area contributed by atoms with E-state index >= 15 is 0 Å². The zero-order chi connectivity index (χ0) is 20.9. The Kier molecular flexibility index (Phi) is 6.76. The van der Waals surface area contributed by atoms with E-state index in [1.54, 1.807) is 6.92 Å². The number of aryl methyl sites for hydroxylation is 1. The van der Waals surface area contributed by atoms with E-state index < -0.39 is 27.3 Å². The van der Waals surface area contributed by atoms with Crippen LogP contribution in [0, 0.1) is 18.6 Å². The van der Waals surface area contributed by atoms with E-state index in [1.807, 2.05) is 0 Å². The Morgan fingerprint density at radius 1 is 1.00 bits per heavy atom. The van der Waals surface area contributed by atoms with E-state index in [0.29, 0.717) is 18.7 Å². The summed E-state index contributed by atoms with van der Waals surface area (Å²) in [4.78, 5) is 4.06. The van der Waals surface area contributed by atoms with Gasteiger partial charge < -0.3 is 4.18 Å². The van der Waals surface area contributed by atoms with Crippen molar-refractivity contribution >= 4 is 15.8 Å². The molecule has 0 saturated heterocycles. The van der Waals surface area contributed by atoms with Crippen molar-refractivity contribution in [3.8, 4) is 5.75 Å². The Balaban J connectivity index is 0.000000202. The number of alkyl halides is 3. The summed E-state index contributed by atoms with van der Waals surface area (Å²) in [5, 5.41) is 0. The molecule has 10 heteroatoms. The number of aliphatic imine (C=N–C) groups is 1. The van der Waals surface area contributed by atoms with Crippen LogP contribution in [0.3, 0.4) is 0 Å². The van der Waals surface area contributed by atoms with Crippen LogP contribution in [0.15, 0.2) is 47.5 Å². The van der Waals surface area contributed by atoms with Crippen molar-refractivity contribution in [3.05, 3.63) is 65.2 Å². The summed E-state index contributed by atoms with van der Waals surface area (Å²) in [6, 6.07) is 9.09. The Hall–Kier alpha value is -2.49. The third kappa shape index (κ3) is 5.51. The fourth-order valence-corrected chi connectivity index (χ4v) is 2.74. The summed E-state index contributed by atoms with van der Waals surface area (Å²) in [7, 11) is -5.56. The lowest BCUT2D eigenvalue weighted by molar-refractivity contribution is -0.0500. The highest BCUT2D eigenvalue weighted by atomic mass is 32.2. The fraction of sp³-hybridized carbons (Fsp3) is 0.278. The number of hydrogen-bond acceptors (Lipinski definition) is 4. The fourth-order valence-electron chi connectivity index (χ4n) is 2.28. The Morgan fingerprint density at radius 3 is 2.04 bits per heavy atom. The van der Waals surface area contributed by atoms with Crippen molar-refractivity contribution in [3.63, 3.8) is 0 Å². The van der Waals surface area contributed by atoms with Crippen molar-refractivity contribution in [1.29, 1.82) is 0 Å². The molecule has 0 spiro atoms. The first-order valence-corrected chi connectivity index (χ1v) is 9.47. The molecular formula is C18H16F5NO3S. The molecule has 2 aromatic rings. The lowest BCUT2D eigenvalue weighted by Crippen LogP contribution is -2.28. The van der Waals surface area contributed by atoms with Crippen molar-refractivity contribution in [2.24, 2.45) is 4.99 Å². The van der Waals surface area contributed by atoms with Gasteiger partial charge >= 0.3 is 15.6 Å². The van der Waals surface area contributed by atoms with Crippen LogP contribution < -0.4 is 4.18 Å². The molecule has 1 aliphatic heterocycles. The number of rotatable bonds is 3. The van der Waals surface area contributed by atoms with Crippen LogP contribution in [0.4, 0.5) is 22.0 Å². The summed E-state index contributed by atoms with van der Waals surface area (Å²) in [6.45, 7) is 2.39. The van der Waals surface area contributed by atoms with E-state index in [9.17, 15) is 30.4 Å². The second-order valence-corrected chi connectivity index (χ2v) is 7.36. The molecule has 0 amide bonds. The lowest BCUT2D eigenvalue weighted by Gasteiger charge is -2.09. The SMILES string of the molecule is Cc1ccc(OS(=O)(=O)C(F)(F)F)cc1.Fc1cccc(F)c1C1=NCCC1. The second-order valence-electron chi connectivity index (χ2n) is 5.82. The molecular weight excluding hydrogens is 405 g/mol. The first-order valence-electron chi connectivity index (χ1n) is 8.06. The van der Waals surface area contributed by atoms with Gasteiger partial charge in [-0.3, -0.25) is 4.99 Å². The quantitative estimate of drug-likeness (QED) is 0.408. The van der Waals surface area contributed by atoms with Gasteiger partial charge in [-0.2, -0.15) is 21.6 Å². The zero-order valence-electron chi connectivity index (χ0n) is 14.6. The van der Waals surface area contributed by atoms with Gasteiger partial charge in [0.25, 0.3) is 0 Å². The summed E-state index contributed by atoms with van der Waals surface area (Å²) < 4.78 is 87.0. The van der Waals surface area contributed by atoms with E-state index in [-0.39, 0.29) is 11.3 Å². The van der Waals surface area contributed by atoms with Crippen LogP contribution >= 0.6 is 0 Å². The maximum absolute atomic E-state index is 13.2. The minimum atomic E-state index is -5.56. The molecule has 0 atom stereocenters. The molecule has 152 valence electrons. The number of halogens is 5. The highest BCUT2D eigenvalue weighted by molar-refractivity contribution is 7.88. The minimum absolute atomic E-state index is 0.0556. The topological polar surface area (TPSA) is 55.7 Å². The molecule has 0 aromatic heterocycles. The maximum atomic E-state index is 13.2. The summed E-state index contributed by atoms with van der Waals surface area (Å²) in [5.41, 5.74) is -4.00. The van der Waals surface area contributed by atoms with Crippen molar-refractivity contribution in [2.75, 3.05) is 6.54 Å². The van der Waals surface area contributed by atoms with Crippen LogP contribution in [-0.4, -0.2) is 26.2 Å². The molecule has 0 unspecified atom stereocenters. The van der Waals surface area contributed by atoms with Crippen LogP contribution in [0.25, 0.3) is 0 Å². The summed E-state index contributed by atoms with van der Waals surface area (Å²) in [6.07, 6.45) is 1.57. The van der Waals surface area contributed by atoms with Gasteiger partial charge in [0.15, 0.2) is 0 Å². The van der Waals surface area contributed by atoms with Gasteiger partial charge in [0.05, 0.1) is 5.56 Å². The van der Waals surface area contributed by atoms with E-state index in [0.717, 1.165) is 24.1 Å². The third-order valence-electron chi connectivity index (χ3n) is 3.64. The molecule has 28 heavy (non-hydrogen) atoms. The van der Waals surface area contributed by atoms with Gasteiger partial charge in [0, 0.05) is 12.3 Å². The number of hydrogen-bond donors (Lipinski definition) is 0. The molecule has 3 rings (SSSR count). The number of nitrogens with zero attached hydrogens (tertiary/aromatic N) is 1. The van der Waals surface area contributed by atoms with Crippen molar-refractivity contribution in [2.45, 2.75) is 25.3 Å². The lowest BCUT2D eigenvalue weighted by atomic mass is 10.1. The molecule has 0 radical (unpaired) electrons. The number of benzene rings is 2. The normalized spacial score (nSPS) is 14.1. The molecule has 1 aliphatic rings. The monoisotopic (exact) mass is 421 g/mol. The molecule has 1 heterocycles. The predicted molar refractivity (Wildman–Crippen MR) is 93.8 cm³/mol. The summed E-state index contributed by atoms with van der Waals surface area (Å²) in [5.74, 6) is -1.39. The predicted octanol–water partition coefficient (Wildman–Crippen LogP) is 4.77. The minimum Gasteiger partial charge on any atom is -0.376 e. The first kappa shape index (κ1) is 21.8. The van der Waals surface area contributed by atoms with Gasteiger partial charge in [0.1, 0.15) is 17.4 Å². The highest BCUT2D eigenvalue weighted by Gasteiger charge is 2.48. The van der Waals surface area contributed by atoms with Crippen LogP contribution in [0.1, 0.15) is 24.0 Å². The van der Waals surface area contributed by atoms with Gasteiger partial charge in [-0.1, -0.05) is 23.8 Å². The van der Waals surface area contributed by atoms with Gasteiger partial charge in [0.2, 0.25) is 0 Å². The van der Waals surface area contributed by atoms with Gasteiger partial charge in [-0.25, -0.2) is 8.78 Å². The molecule has 0 fully saturated rings. The van der Waals surface area contributed by atoms with Crippen molar-refractivity contribution in [1.82, 2.24) is 0 Å². The smallest absolute Gasteiger partial charge is 0.376 e. The average molecular weight is 421 g/mol. The molecule has 0 bridgehead atoms. The van der Waals surface area contributed by atoms with Crippen LogP contribution in [-0.2, 0) is 10.1 Å². The largest absolute Gasteiger partial charge is 0.534 e.